The Morgan fingerprint density at radius 1 is 1.20 bits per heavy atom. The maximum Gasteiger partial charge on any atom is 0.328 e. The van der Waals surface area contributed by atoms with Crippen molar-refractivity contribution in [3.63, 3.8) is 0 Å². The van der Waals surface area contributed by atoms with Crippen molar-refractivity contribution in [2.24, 2.45) is 0 Å². The number of hydrogen-bond acceptors (Lipinski definition) is 7. The summed E-state index contributed by atoms with van der Waals surface area (Å²) in [6, 6.07) is 8.51. The number of aliphatic hydroxyl groups is 1. The first-order valence-corrected chi connectivity index (χ1v) is 9.63. The third kappa shape index (κ3) is 7.47. The Balaban J connectivity index is 0.000000343. The maximum absolute atomic E-state index is 9.55. The van der Waals surface area contributed by atoms with Crippen LogP contribution in [0.5, 0.6) is 0 Å². The van der Waals surface area contributed by atoms with Gasteiger partial charge >= 0.3 is 11.9 Å². The first-order chi connectivity index (χ1) is 14.4. The van der Waals surface area contributed by atoms with Gasteiger partial charge in [-0.2, -0.15) is 0 Å². The molecule has 1 aliphatic heterocycles. The molecule has 1 aromatic carbocycles. The third-order valence-corrected chi connectivity index (χ3v) is 4.53. The molecule has 0 radical (unpaired) electrons. The average molecular weight is 420 g/mol. The normalized spacial score (nSPS) is 15.1. The lowest BCUT2D eigenvalue weighted by molar-refractivity contribution is -0.134. The van der Waals surface area contributed by atoms with Crippen molar-refractivity contribution in [1.29, 1.82) is 0 Å². The summed E-state index contributed by atoms with van der Waals surface area (Å²) >= 11 is 0. The molecule has 10 heteroatoms. The Morgan fingerprint density at radius 3 is 2.43 bits per heavy atom. The number of aromatic nitrogens is 2. The molecule has 1 aliphatic rings. The van der Waals surface area contributed by atoms with E-state index in [-0.39, 0.29) is 6.61 Å². The van der Waals surface area contributed by atoms with Gasteiger partial charge in [0.25, 0.3) is 0 Å². The summed E-state index contributed by atoms with van der Waals surface area (Å²) in [5.41, 5.74) is 2.02. The number of likely N-dealkylation sites (tertiary alicyclic amines) is 1. The molecule has 10 nitrogen and oxygen atoms in total. The molecule has 30 heavy (non-hydrogen) atoms. The summed E-state index contributed by atoms with van der Waals surface area (Å²) in [5, 5.41) is 28.1. The molecule has 0 atom stereocenters. The molecule has 1 fully saturated rings. The second-order valence-corrected chi connectivity index (χ2v) is 6.84. The number of carboxylic acids is 2. The zero-order valence-corrected chi connectivity index (χ0v) is 16.9. The summed E-state index contributed by atoms with van der Waals surface area (Å²) in [6.07, 6.45) is 3.36. The van der Waals surface area contributed by atoms with Crippen LogP contribution in [0.2, 0.25) is 0 Å². The fraction of sp³-hybridized carbons (Fsp3) is 0.450. The molecule has 0 aliphatic carbocycles. The minimum Gasteiger partial charge on any atom is -0.478 e. The Kier molecular flexibility index (Phi) is 9.26. The minimum atomic E-state index is -1.26. The summed E-state index contributed by atoms with van der Waals surface area (Å²) in [7, 11) is 2.16. The van der Waals surface area contributed by atoms with Crippen molar-refractivity contribution >= 4 is 28.9 Å². The molecule has 0 bridgehead atoms. The molecule has 0 saturated carbocycles. The van der Waals surface area contributed by atoms with Gasteiger partial charge in [0.1, 0.15) is 6.73 Å². The van der Waals surface area contributed by atoms with Crippen LogP contribution in [0, 0.1) is 0 Å². The van der Waals surface area contributed by atoms with Gasteiger partial charge in [-0.25, -0.2) is 14.6 Å². The van der Waals surface area contributed by atoms with E-state index < -0.39 is 11.9 Å². The lowest BCUT2D eigenvalue weighted by atomic mass is 10.1. The van der Waals surface area contributed by atoms with E-state index in [1.807, 2.05) is 28.8 Å². The topological polar surface area (TPSA) is 137 Å². The van der Waals surface area contributed by atoms with Gasteiger partial charge in [0.2, 0.25) is 5.95 Å². The van der Waals surface area contributed by atoms with Crippen LogP contribution in [0.3, 0.4) is 0 Å². The van der Waals surface area contributed by atoms with Gasteiger partial charge in [-0.3, -0.25) is 4.57 Å². The number of aliphatic carboxylic acids is 2. The molecule has 1 aromatic heterocycles. The molecule has 3 rings (SSSR count). The number of piperidine rings is 1. The molecule has 2 aromatic rings. The van der Waals surface area contributed by atoms with E-state index >= 15 is 0 Å². The number of benzene rings is 1. The highest BCUT2D eigenvalue weighted by molar-refractivity contribution is 5.89. The van der Waals surface area contributed by atoms with E-state index in [4.69, 9.17) is 25.0 Å². The molecule has 0 spiro atoms. The third-order valence-electron chi connectivity index (χ3n) is 4.53. The highest BCUT2D eigenvalue weighted by Crippen LogP contribution is 2.22. The Labute approximate surface area is 174 Å². The summed E-state index contributed by atoms with van der Waals surface area (Å²) < 4.78 is 7.55. The zero-order valence-electron chi connectivity index (χ0n) is 16.9. The van der Waals surface area contributed by atoms with Gasteiger partial charge < -0.3 is 30.3 Å². The molecule has 2 heterocycles. The number of ether oxygens (including phenoxy) is 1. The molecular weight excluding hydrogens is 392 g/mol. The Bertz CT molecular complexity index is 842. The van der Waals surface area contributed by atoms with E-state index in [0.717, 1.165) is 42.9 Å². The molecular formula is C20H28N4O6. The van der Waals surface area contributed by atoms with Gasteiger partial charge in [0.15, 0.2) is 0 Å². The average Bonchev–Trinajstić information content (AvgIpc) is 3.06. The number of anilines is 1. The maximum atomic E-state index is 9.55. The van der Waals surface area contributed by atoms with Crippen molar-refractivity contribution in [3.8, 4) is 0 Å². The fourth-order valence-electron chi connectivity index (χ4n) is 3.01. The fourth-order valence-corrected chi connectivity index (χ4v) is 3.01. The van der Waals surface area contributed by atoms with Crippen molar-refractivity contribution in [1.82, 2.24) is 14.5 Å². The highest BCUT2D eigenvalue weighted by atomic mass is 16.5. The molecule has 0 unspecified atom stereocenters. The second kappa shape index (κ2) is 11.9. The highest BCUT2D eigenvalue weighted by Gasteiger charge is 2.19. The van der Waals surface area contributed by atoms with Gasteiger partial charge in [-0.1, -0.05) is 12.1 Å². The van der Waals surface area contributed by atoms with E-state index in [1.165, 1.54) is 0 Å². The van der Waals surface area contributed by atoms with Crippen LogP contribution < -0.4 is 5.32 Å². The summed E-state index contributed by atoms with van der Waals surface area (Å²) in [6.45, 7) is 2.98. The standard InChI is InChI=1S/C16H24N4O2.C4H4O4/c1-19-8-6-13(7-9-19)17-16-18-14-4-2-3-5-15(14)20(16)12-22-11-10-21;5-3(6)1-2-4(7)8/h2-5,13,21H,6-12H2,1H3,(H,17,18);1-2H,(H,5,6)(H,7,8). The van der Waals surface area contributed by atoms with E-state index in [0.29, 0.717) is 31.5 Å². The molecule has 1 saturated heterocycles. The molecule has 164 valence electrons. The van der Waals surface area contributed by atoms with Crippen LogP contribution in [0.1, 0.15) is 12.8 Å². The number of carbonyl (C=O) groups is 2. The minimum absolute atomic E-state index is 0.0321. The zero-order chi connectivity index (χ0) is 21.9. The number of nitrogens with zero attached hydrogens (tertiary/aromatic N) is 3. The summed E-state index contributed by atoms with van der Waals surface area (Å²) in [4.78, 5) is 26.2. The SMILES string of the molecule is CN1CCC(Nc2nc3ccccc3n2COCCO)CC1.O=C(O)C=CC(=O)O. The van der Waals surface area contributed by atoms with Crippen LogP contribution in [0.25, 0.3) is 11.0 Å². The number of rotatable bonds is 8. The molecule has 0 amide bonds. The number of nitrogens with one attached hydrogen (secondary N) is 1. The monoisotopic (exact) mass is 420 g/mol. The first kappa shape index (κ1) is 23.3. The number of hydrogen-bond donors (Lipinski definition) is 4. The Hall–Kier alpha value is -2.95. The molecule has 4 N–H and O–H groups in total. The van der Waals surface area contributed by atoms with Crippen LogP contribution >= 0.6 is 0 Å². The van der Waals surface area contributed by atoms with Crippen molar-refractivity contribution in [3.05, 3.63) is 36.4 Å². The first-order valence-electron chi connectivity index (χ1n) is 9.63. The number of carboxylic acid groups (broad SMARTS) is 2. The van der Waals surface area contributed by atoms with Crippen molar-refractivity contribution in [2.45, 2.75) is 25.6 Å². The number of fused-ring (bicyclic) bond motifs is 1. The van der Waals surface area contributed by atoms with Gasteiger partial charge in [0, 0.05) is 18.2 Å². The predicted molar refractivity (Wildman–Crippen MR) is 111 cm³/mol. The van der Waals surface area contributed by atoms with Crippen molar-refractivity contribution in [2.75, 3.05) is 38.7 Å². The second-order valence-electron chi connectivity index (χ2n) is 6.84. The lowest BCUT2D eigenvalue weighted by Crippen LogP contribution is -2.37. The van der Waals surface area contributed by atoms with Crippen LogP contribution in [-0.4, -0.2) is 81.1 Å². The van der Waals surface area contributed by atoms with Crippen LogP contribution in [0.15, 0.2) is 36.4 Å². The van der Waals surface area contributed by atoms with Crippen molar-refractivity contribution < 1.29 is 29.6 Å². The quantitative estimate of drug-likeness (QED) is 0.367. The number of para-hydroxylation sites is 2. The van der Waals surface area contributed by atoms with Gasteiger partial charge in [-0.05, 0) is 45.1 Å². The Morgan fingerprint density at radius 2 is 1.83 bits per heavy atom. The smallest absolute Gasteiger partial charge is 0.328 e. The lowest BCUT2D eigenvalue weighted by Gasteiger charge is -2.29. The van der Waals surface area contributed by atoms with E-state index in [2.05, 4.69) is 17.3 Å². The van der Waals surface area contributed by atoms with E-state index in [9.17, 15) is 9.59 Å². The number of imidazole rings is 1. The summed E-state index contributed by atoms with van der Waals surface area (Å²) in [5.74, 6) is -1.66. The number of aliphatic hydroxyl groups excluding tert-OH is 1. The largest absolute Gasteiger partial charge is 0.478 e. The van der Waals surface area contributed by atoms with E-state index in [1.54, 1.807) is 0 Å². The van der Waals surface area contributed by atoms with Gasteiger partial charge in [-0.15, -0.1) is 0 Å². The van der Waals surface area contributed by atoms with Crippen LogP contribution in [0.4, 0.5) is 5.95 Å². The van der Waals surface area contributed by atoms with Gasteiger partial charge in [0.05, 0.1) is 24.2 Å². The van der Waals surface area contributed by atoms with Crippen LogP contribution in [-0.2, 0) is 21.1 Å². The predicted octanol–water partition coefficient (Wildman–Crippen LogP) is 1.22.